The van der Waals surface area contributed by atoms with Crippen LogP contribution in [-0.2, 0) is 17.6 Å². The lowest BCUT2D eigenvalue weighted by Gasteiger charge is -2.18. The molecule has 0 heterocycles. The van der Waals surface area contributed by atoms with E-state index in [1.54, 1.807) is 42.5 Å². The summed E-state index contributed by atoms with van der Waals surface area (Å²) in [5.41, 5.74) is 4.18. The predicted octanol–water partition coefficient (Wildman–Crippen LogP) is 4.21. The second kappa shape index (κ2) is 7.24. The van der Waals surface area contributed by atoms with E-state index in [9.17, 15) is 14.4 Å². The smallest absolute Gasteiger partial charge is 0.228 e. The zero-order valence-corrected chi connectivity index (χ0v) is 15.5. The van der Waals surface area contributed by atoms with Gasteiger partial charge in [0.15, 0.2) is 11.6 Å². The standard InChI is InChI=1S/C24H19NO3/c1-2-15-7-9-16(10-8-15)13-22(26)25-17-11-12-20-21(14-17)24(28)19-6-4-3-5-18(19)23(20)27/h3-12,14H,2,13H2,1H3,(H,25,26). The molecule has 28 heavy (non-hydrogen) atoms. The van der Waals surface area contributed by atoms with Crippen LogP contribution in [0.5, 0.6) is 0 Å². The van der Waals surface area contributed by atoms with Crippen LogP contribution < -0.4 is 5.32 Å². The summed E-state index contributed by atoms with van der Waals surface area (Å²) < 4.78 is 0. The van der Waals surface area contributed by atoms with Crippen molar-refractivity contribution in [2.24, 2.45) is 0 Å². The number of nitrogens with one attached hydrogen (secondary N) is 1. The minimum Gasteiger partial charge on any atom is -0.326 e. The molecule has 1 N–H and O–H groups in total. The normalized spacial score (nSPS) is 12.3. The maximum absolute atomic E-state index is 12.8. The summed E-state index contributed by atoms with van der Waals surface area (Å²) >= 11 is 0. The first-order valence-corrected chi connectivity index (χ1v) is 9.27. The summed E-state index contributed by atoms with van der Waals surface area (Å²) in [4.78, 5) is 37.8. The molecule has 0 fully saturated rings. The van der Waals surface area contributed by atoms with Gasteiger partial charge in [0.2, 0.25) is 5.91 Å². The van der Waals surface area contributed by atoms with Gasteiger partial charge in [0.25, 0.3) is 0 Å². The van der Waals surface area contributed by atoms with Crippen molar-refractivity contribution in [1.82, 2.24) is 0 Å². The quantitative estimate of drug-likeness (QED) is 0.586. The van der Waals surface area contributed by atoms with Crippen molar-refractivity contribution in [2.45, 2.75) is 19.8 Å². The van der Waals surface area contributed by atoms with Crippen molar-refractivity contribution in [3.63, 3.8) is 0 Å². The predicted molar refractivity (Wildman–Crippen MR) is 108 cm³/mol. The monoisotopic (exact) mass is 369 g/mol. The number of ketones is 2. The van der Waals surface area contributed by atoms with E-state index in [4.69, 9.17) is 0 Å². The van der Waals surface area contributed by atoms with Crippen LogP contribution in [-0.4, -0.2) is 17.5 Å². The molecule has 4 rings (SSSR count). The number of aryl methyl sites for hydroxylation is 1. The molecule has 0 radical (unpaired) electrons. The third-order valence-corrected chi connectivity index (χ3v) is 5.00. The Balaban J connectivity index is 1.55. The molecular weight excluding hydrogens is 350 g/mol. The Bertz CT molecular complexity index is 1100. The molecule has 0 bridgehead atoms. The number of benzene rings is 3. The van der Waals surface area contributed by atoms with E-state index in [1.807, 2.05) is 24.3 Å². The first-order chi connectivity index (χ1) is 13.6. The van der Waals surface area contributed by atoms with Gasteiger partial charge in [0.1, 0.15) is 0 Å². The Labute approximate surface area is 163 Å². The van der Waals surface area contributed by atoms with Crippen LogP contribution in [0.2, 0.25) is 0 Å². The van der Waals surface area contributed by atoms with Gasteiger partial charge in [0.05, 0.1) is 6.42 Å². The molecule has 0 saturated heterocycles. The number of hydrogen-bond acceptors (Lipinski definition) is 3. The van der Waals surface area contributed by atoms with Crippen molar-refractivity contribution in [3.8, 4) is 0 Å². The fourth-order valence-electron chi connectivity index (χ4n) is 3.46. The number of rotatable bonds is 4. The minimum absolute atomic E-state index is 0.167. The molecule has 3 aromatic carbocycles. The molecule has 0 unspecified atom stereocenters. The van der Waals surface area contributed by atoms with Crippen LogP contribution in [0.1, 0.15) is 49.9 Å². The van der Waals surface area contributed by atoms with Crippen LogP contribution >= 0.6 is 0 Å². The van der Waals surface area contributed by atoms with E-state index >= 15 is 0 Å². The van der Waals surface area contributed by atoms with Gasteiger partial charge in [-0.25, -0.2) is 0 Å². The van der Waals surface area contributed by atoms with Crippen LogP contribution in [0, 0.1) is 0 Å². The number of hydrogen-bond donors (Lipinski definition) is 1. The van der Waals surface area contributed by atoms with E-state index in [1.165, 1.54) is 5.56 Å². The molecule has 3 aromatic rings. The van der Waals surface area contributed by atoms with E-state index < -0.39 is 0 Å². The van der Waals surface area contributed by atoms with Gasteiger partial charge >= 0.3 is 0 Å². The summed E-state index contributed by atoms with van der Waals surface area (Å²) in [6, 6.07) is 19.6. The second-order valence-corrected chi connectivity index (χ2v) is 6.86. The van der Waals surface area contributed by atoms with Gasteiger partial charge in [-0.1, -0.05) is 55.5 Å². The van der Waals surface area contributed by atoms with Crippen molar-refractivity contribution in [1.29, 1.82) is 0 Å². The lowest BCUT2D eigenvalue weighted by molar-refractivity contribution is -0.115. The number of carbonyl (C=O) groups is 3. The van der Waals surface area contributed by atoms with Gasteiger partial charge < -0.3 is 5.32 Å². The van der Waals surface area contributed by atoms with E-state index in [2.05, 4.69) is 12.2 Å². The van der Waals surface area contributed by atoms with Crippen molar-refractivity contribution in [3.05, 3.63) is 100 Å². The fraction of sp³-hybridized carbons (Fsp3) is 0.125. The third-order valence-electron chi connectivity index (χ3n) is 5.00. The third kappa shape index (κ3) is 3.25. The molecule has 0 atom stereocenters. The minimum atomic E-state index is -0.198. The lowest BCUT2D eigenvalue weighted by Crippen LogP contribution is -2.21. The summed E-state index contributed by atoms with van der Waals surface area (Å²) in [6.07, 6.45) is 1.20. The molecule has 138 valence electrons. The largest absolute Gasteiger partial charge is 0.326 e. The van der Waals surface area contributed by atoms with Crippen LogP contribution in [0.25, 0.3) is 0 Å². The highest BCUT2D eigenvalue weighted by Crippen LogP contribution is 2.29. The van der Waals surface area contributed by atoms with E-state index in [0.29, 0.717) is 27.9 Å². The number of amides is 1. The summed E-state index contributed by atoms with van der Waals surface area (Å²) in [5.74, 6) is -0.533. The first kappa shape index (κ1) is 17.9. The van der Waals surface area contributed by atoms with Crippen molar-refractivity contribution < 1.29 is 14.4 Å². The summed E-state index contributed by atoms with van der Waals surface area (Å²) in [6.45, 7) is 2.09. The zero-order chi connectivity index (χ0) is 19.7. The highest BCUT2D eigenvalue weighted by molar-refractivity contribution is 6.28. The second-order valence-electron chi connectivity index (χ2n) is 6.86. The van der Waals surface area contributed by atoms with Crippen molar-refractivity contribution in [2.75, 3.05) is 5.32 Å². The van der Waals surface area contributed by atoms with E-state index in [0.717, 1.165) is 12.0 Å². The number of anilines is 1. The molecule has 1 amide bonds. The summed E-state index contributed by atoms with van der Waals surface area (Å²) in [7, 11) is 0. The highest BCUT2D eigenvalue weighted by Gasteiger charge is 2.29. The SMILES string of the molecule is CCc1ccc(CC(=O)Nc2ccc3c(c2)C(=O)c2ccccc2C3=O)cc1. The Hall–Kier alpha value is -3.53. The van der Waals surface area contributed by atoms with Crippen molar-refractivity contribution >= 4 is 23.2 Å². The van der Waals surface area contributed by atoms with Gasteiger partial charge in [-0.2, -0.15) is 0 Å². The molecule has 1 aliphatic carbocycles. The van der Waals surface area contributed by atoms with E-state index in [-0.39, 0.29) is 23.9 Å². The summed E-state index contributed by atoms with van der Waals surface area (Å²) in [5, 5.41) is 2.83. The molecular formula is C24H19NO3. The Morgan fingerprint density at radius 3 is 1.96 bits per heavy atom. The van der Waals surface area contributed by atoms with Crippen LogP contribution in [0.15, 0.2) is 66.7 Å². The topological polar surface area (TPSA) is 63.2 Å². The zero-order valence-electron chi connectivity index (χ0n) is 15.5. The van der Waals surface area contributed by atoms with Gasteiger partial charge in [-0.15, -0.1) is 0 Å². The lowest BCUT2D eigenvalue weighted by atomic mass is 9.84. The molecule has 4 heteroatoms. The molecule has 0 aliphatic heterocycles. The first-order valence-electron chi connectivity index (χ1n) is 9.27. The average molecular weight is 369 g/mol. The van der Waals surface area contributed by atoms with Crippen LogP contribution in [0.4, 0.5) is 5.69 Å². The molecule has 0 aromatic heterocycles. The molecule has 4 nitrogen and oxygen atoms in total. The Morgan fingerprint density at radius 2 is 1.32 bits per heavy atom. The molecule has 0 spiro atoms. The Kier molecular flexibility index (Phi) is 4.62. The maximum atomic E-state index is 12.8. The number of fused-ring (bicyclic) bond motifs is 2. The van der Waals surface area contributed by atoms with Gasteiger partial charge in [-0.05, 0) is 35.7 Å². The maximum Gasteiger partial charge on any atom is 0.228 e. The fourth-order valence-corrected chi connectivity index (χ4v) is 3.46. The van der Waals surface area contributed by atoms with Gasteiger partial charge in [0, 0.05) is 27.9 Å². The molecule has 0 saturated carbocycles. The molecule has 1 aliphatic rings. The Morgan fingerprint density at radius 1 is 0.750 bits per heavy atom. The highest BCUT2D eigenvalue weighted by atomic mass is 16.2. The number of carbonyl (C=O) groups excluding carboxylic acids is 3. The average Bonchev–Trinajstić information content (AvgIpc) is 2.72. The van der Waals surface area contributed by atoms with Crippen LogP contribution in [0.3, 0.4) is 0 Å². The van der Waals surface area contributed by atoms with Gasteiger partial charge in [-0.3, -0.25) is 14.4 Å².